The maximum atomic E-state index is 12.7. The van der Waals surface area contributed by atoms with Crippen molar-refractivity contribution < 1.29 is 19.4 Å². The number of carbonyl (C=O) groups is 2. The summed E-state index contributed by atoms with van der Waals surface area (Å²) in [5.74, 6) is -0.0625. The quantitative estimate of drug-likeness (QED) is 0.688. The Morgan fingerprint density at radius 3 is 2.50 bits per heavy atom. The number of nitrogens with zero attached hydrogens (tertiary/aromatic N) is 1. The average Bonchev–Trinajstić information content (AvgIpc) is 3.28. The Labute approximate surface area is 200 Å². The third kappa shape index (κ3) is 3.78. The summed E-state index contributed by atoms with van der Waals surface area (Å²) in [5, 5.41) is 13.0. The van der Waals surface area contributed by atoms with Crippen molar-refractivity contribution >= 4 is 17.6 Å². The molecule has 0 radical (unpaired) electrons. The Balaban J connectivity index is 1.08. The van der Waals surface area contributed by atoms with Gasteiger partial charge in [0, 0.05) is 25.4 Å². The van der Waals surface area contributed by atoms with E-state index in [9.17, 15) is 14.7 Å². The number of piperidine rings is 1. The van der Waals surface area contributed by atoms with Crippen molar-refractivity contribution in [2.45, 2.75) is 63.0 Å². The number of carbonyl (C=O) groups excluding carboxylic acids is 1. The highest BCUT2D eigenvalue weighted by Crippen LogP contribution is 2.65. The number of hydrogen-bond donors (Lipinski definition) is 2. The van der Waals surface area contributed by atoms with E-state index in [1.165, 1.54) is 17.5 Å². The molecule has 6 rings (SSSR count). The number of likely N-dealkylation sites (tertiary alicyclic amines) is 1. The van der Waals surface area contributed by atoms with E-state index in [1.54, 1.807) is 6.07 Å². The zero-order valence-corrected chi connectivity index (χ0v) is 19.5. The Kier molecular flexibility index (Phi) is 5.36. The van der Waals surface area contributed by atoms with Gasteiger partial charge in [-0.25, -0.2) is 4.79 Å². The second-order valence-electron chi connectivity index (χ2n) is 10.5. The van der Waals surface area contributed by atoms with Gasteiger partial charge in [-0.05, 0) is 85.1 Å². The third-order valence-corrected chi connectivity index (χ3v) is 8.63. The molecule has 3 heterocycles. The number of anilines is 1. The molecule has 1 aliphatic carbocycles. The first-order valence-corrected chi connectivity index (χ1v) is 12.7. The second kappa shape index (κ2) is 8.42. The first kappa shape index (κ1) is 21.7. The summed E-state index contributed by atoms with van der Waals surface area (Å²) in [6, 6.07) is 14.7. The maximum absolute atomic E-state index is 12.7. The first-order chi connectivity index (χ1) is 16.5. The molecule has 2 saturated heterocycles. The van der Waals surface area contributed by atoms with E-state index in [4.69, 9.17) is 4.74 Å². The van der Waals surface area contributed by atoms with Gasteiger partial charge < -0.3 is 20.1 Å². The number of hydrogen-bond acceptors (Lipinski definition) is 4. The van der Waals surface area contributed by atoms with Crippen molar-refractivity contribution in [3.05, 3.63) is 64.7 Å². The zero-order chi connectivity index (χ0) is 23.3. The summed E-state index contributed by atoms with van der Waals surface area (Å²) in [5.41, 5.74) is 5.28. The number of benzene rings is 2. The minimum absolute atomic E-state index is 0.200. The van der Waals surface area contributed by atoms with E-state index < -0.39 is 5.97 Å². The van der Waals surface area contributed by atoms with Gasteiger partial charge in [-0.2, -0.15) is 0 Å². The molecule has 3 aliphatic heterocycles. The van der Waals surface area contributed by atoms with Gasteiger partial charge in [0.25, 0.3) is 5.91 Å². The standard InChI is InChI=1S/C28H32N2O4/c31-26(25-5-2-16-34-25)30-14-12-28(13-15-30)17-22(28)18-6-8-19(9-7-18)23-11-10-20-21(27(32)33)3-1-4-24(20)29-23/h1,3-4,6-9,22-23,25,29H,2,5,10-17H2,(H,32,33)/t22-,23?,25-/m1/s1. The molecular formula is C28H32N2O4. The van der Waals surface area contributed by atoms with Crippen molar-refractivity contribution in [2.75, 3.05) is 25.0 Å². The van der Waals surface area contributed by atoms with E-state index >= 15 is 0 Å². The van der Waals surface area contributed by atoms with Crippen molar-refractivity contribution in [3.63, 3.8) is 0 Å². The van der Waals surface area contributed by atoms with E-state index in [1.807, 2.05) is 17.0 Å². The lowest BCUT2D eigenvalue weighted by Gasteiger charge is -2.34. The van der Waals surface area contributed by atoms with Crippen LogP contribution in [0.1, 0.15) is 77.5 Å². The number of carboxylic acids is 1. The van der Waals surface area contributed by atoms with Gasteiger partial charge in [0.2, 0.25) is 0 Å². The van der Waals surface area contributed by atoms with Crippen LogP contribution < -0.4 is 5.32 Å². The Bertz CT molecular complexity index is 1100. The number of nitrogens with one attached hydrogen (secondary N) is 1. The molecule has 0 aromatic heterocycles. The highest BCUT2D eigenvalue weighted by Gasteiger charge is 2.55. The van der Waals surface area contributed by atoms with Crippen LogP contribution in [0.4, 0.5) is 5.69 Å². The van der Waals surface area contributed by atoms with Crippen molar-refractivity contribution in [1.82, 2.24) is 4.90 Å². The summed E-state index contributed by atoms with van der Waals surface area (Å²) in [6.07, 6.45) is 6.72. The number of aromatic carboxylic acids is 1. The SMILES string of the molecule is O=C(O)c1cccc2c1CCC(c1ccc([C@H]3CC34CCN(C(=O)[C@H]3CCCO3)CC4)cc1)N2. The lowest BCUT2D eigenvalue weighted by atomic mass is 9.87. The third-order valence-electron chi connectivity index (χ3n) is 8.63. The van der Waals surface area contributed by atoms with Gasteiger partial charge in [0.05, 0.1) is 11.6 Å². The minimum atomic E-state index is -0.859. The number of fused-ring (bicyclic) bond motifs is 1. The molecule has 3 atom stereocenters. The van der Waals surface area contributed by atoms with Crippen molar-refractivity contribution in [2.24, 2.45) is 5.41 Å². The molecule has 2 aromatic rings. The number of ether oxygens (including phenoxy) is 1. The van der Waals surface area contributed by atoms with Gasteiger partial charge in [-0.15, -0.1) is 0 Å². The summed E-state index contributed by atoms with van der Waals surface area (Å²) in [6.45, 7) is 2.44. The Morgan fingerprint density at radius 2 is 1.79 bits per heavy atom. The fourth-order valence-corrected chi connectivity index (χ4v) is 6.47. The van der Waals surface area contributed by atoms with Crippen LogP contribution in [-0.4, -0.2) is 47.7 Å². The topological polar surface area (TPSA) is 78.9 Å². The van der Waals surface area contributed by atoms with Crippen LogP contribution in [-0.2, 0) is 16.0 Å². The molecule has 178 valence electrons. The largest absolute Gasteiger partial charge is 0.478 e. The molecule has 0 bridgehead atoms. The van der Waals surface area contributed by atoms with E-state index in [0.717, 1.165) is 69.5 Å². The predicted molar refractivity (Wildman–Crippen MR) is 129 cm³/mol. The summed E-state index contributed by atoms with van der Waals surface area (Å²) < 4.78 is 5.60. The Hall–Kier alpha value is -2.86. The number of carboxylic acid groups (broad SMARTS) is 1. The predicted octanol–water partition coefficient (Wildman–Crippen LogP) is 4.76. The number of amides is 1. The highest BCUT2D eigenvalue weighted by molar-refractivity contribution is 5.91. The van der Waals surface area contributed by atoms with Crippen LogP contribution in [0.2, 0.25) is 0 Å². The van der Waals surface area contributed by atoms with Crippen LogP contribution in [0.25, 0.3) is 0 Å². The van der Waals surface area contributed by atoms with Crippen LogP contribution in [0.15, 0.2) is 42.5 Å². The zero-order valence-electron chi connectivity index (χ0n) is 19.5. The molecule has 3 fully saturated rings. The summed E-state index contributed by atoms with van der Waals surface area (Å²) >= 11 is 0. The van der Waals surface area contributed by atoms with Crippen LogP contribution in [0, 0.1) is 5.41 Å². The molecular weight excluding hydrogens is 428 g/mol. The second-order valence-corrected chi connectivity index (χ2v) is 10.5. The van der Waals surface area contributed by atoms with Crippen LogP contribution in [0.3, 0.4) is 0 Å². The monoisotopic (exact) mass is 460 g/mol. The smallest absolute Gasteiger partial charge is 0.336 e. The van der Waals surface area contributed by atoms with Crippen molar-refractivity contribution in [1.29, 1.82) is 0 Å². The molecule has 34 heavy (non-hydrogen) atoms. The van der Waals surface area contributed by atoms with Gasteiger partial charge >= 0.3 is 5.97 Å². The fraction of sp³-hybridized carbons (Fsp3) is 0.500. The normalized spacial score (nSPS) is 27.2. The molecule has 2 aromatic carbocycles. The molecule has 1 amide bonds. The van der Waals surface area contributed by atoms with E-state index in [-0.39, 0.29) is 18.1 Å². The van der Waals surface area contributed by atoms with Crippen LogP contribution >= 0.6 is 0 Å². The maximum Gasteiger partial charge on any atom is 0.336 e. The molecule has 1 spiro atoms. The van der Waals surface area contributed by atoms with Crippen molar-refractivity contribution in [3.8, 4) is 0 Å². The summed E-state index contributed by atoms with van der Waals surface area (Å²) in [4.78, 5) is 26.2. The minimum Gasteiger partial charge on any atom is -0.478 e. The molecule has 1 saturated carbocycles. The highest BCUT2D eigenvalue weighted by atomic mass is 16.5. The first-order valence-electron chi connectivity index (χ1n) is 12.7. The lowest BCUT2D eigenvalue weighted by Crippen LogP contribution is -2.44. The summed E-state index contributed by atoms with van der Waals surface area (Å²) in [7, 11) is 0. The van der Waals surface area contributed by atoms with E-state index in [0.29, 0.717) is 16.9 Å². The fourth-order valence-electron chi connectivity index (χ4n) is 6.47. The Morgan fingerprint density at radius 1 is 1.03 bits per heavy atom. The molecule has 1 unspecified atom stereocenters. The molecule has 6 heteroatoms. The molecule has 2 N–H and O–H groups in total. The lowest BCUT2D eigenvalue weighted by molar-refractivity contribution is -0.142. The molecule has 4 aliphatic rings. The van der Waals surface area contributed by atoms with E-state index in [2.05, 4.69) is 29.6 Å². The van der Waals surface area contributed by atoms with Gasteiger partial charge in [-0.1, -0.05) is 30.3 Å². The number of rotatable bonds is 4. The van der Waals surface area contributed by atoms with Crippen LogP contribution in [0.5, 0.6) is 0 Å². The van der Waals surface area contributed by atoms with Gasteiger partial charge in [-0.3, -0.25) is 4.79 Å². The van der Waals surface area contributed by atoms with Gasteiger partial charge in [0.1, 0.15) is 6.10 Å². The van der Waals surface area contributed by atoms with Gasteiger partial charge in [0.15, 0.2) is 0 Å². The molecule has 6 nitrogen and oxygen atoms in total. The average molecular weight is 461 g/mol.